The number of carbonyl (C=O) groups is 1. The first-order chi connectivity index (χ1) is 18.3. The van der Waals surface area contributed by atoms with Crippen LogP contribution in [0.5, 0.6) is 11.5 Å². The van der Waals surface area contributed by atoms with Gasteiger partial charge in [0.1, 0.15) is 11.5 Å². The van der Waals surface area contributed by atoms with Gasteiger partial charge in [0.25, 0.3) is 5.60 Å². The van der Waals surface area contributed by atoms with Gasteiger partial charge in [0, 0.05) is 37.6 Å². The summed E-state index contributed by atoms with van der Waals surface area (Å²) in [5.74, 6) is -3.71. The fourth-order valence-electron chi connectivity index (χ4n) is 4.52. The molecule has 5 rings (SSSR count). The Hall–Kier alpha value is -4.35. The van der Waals surface area contributed by atoms with Crippen molar-refractivity contribution in [1.29, 1.82) is 0 Å². The number of rotatable bonds is 7. The zero-order valence-corrected chi connectivity index (χ0v) is 20.8. The van der Waals surface area contributed by atoms with Crippen molar-refractivity contribution in [1.82, 2.24) is 19.7 Å². The van der Waals surface area contributed by atoms with Crippen LogP contribution >= 0.6 is 0 Å². The largest absolute Gasteiger partial charge is 0.496 e. The molecule has 2 aromatic heterocycles. The highest BCUT2D eigenvalue weighted by Crippen LogP contribution is 2.40. The number of benzene rings is 2. The van der Waals surface area contributed by atoms with E-state index < -0.39 is 29.0 Å². The fourth-order valence-corrected chi connectivity index (χ4v) is 4.52. The van der Waals surface area contributed by atoms with Gasteiger partial charge in [-0.3, -0.25) is 0 Å². The Morgan fingerprint density at radius 2 is 1.92 bits per heavy atom. The van der Waals surface area contributed by atoms with Crippen LogP contribution < -0.4 is 9.47 Å². The van der Waals surface area contributed by atoms with Crippen LogP contribution in [0.15, 0.2) is 40.9 Å². The summed E-state index contributed by atoms with van der Waals surface area (Å²) in [7, 11) is 1.52. The summed E-state index contributed by atoms with van der Waals surface area (Å²) < 4.78 is 65.5. The summed E-state index contributed by atoms with van der Waals surface area (Å²) in [6.45, 7) is 3.81. The first-order valence-electron chi connectivity index (χ1n) is 11.8. The first kappa shape index (κ1) is 25.3. The van der Waals surface area contributed by atoms with E-state index in [0.717, 1.165) is 0 Å². The molecular formula is C26H23F3N4O5. The zero-order valence-electron chi connectivity index (χ0n) is 20.8. The molecule has 1 atom stereocenters. The van der Waals surface area contributed by atoms with Crippen LogP contribution in [0.3, 0.4) is 0 Å². The molecule has 0 saturated heterocycles. The molecule has 4 aromatic rings. The minimum Gasteiger partial charge on any atom is -0.496 e. The number of aromatic nitrogens is 4. The Balaban J connectivity index is 1.59. The zero-order chi connectivity index (χ0) is 27.0. The highest BCUT2D eigenvalue weighted by Gasteiger charge is 2.51. The normalized spacial score (nSPS) is 16.7. The van der Waals surface area contributed by atoms with Gasteiger partial charge in [-0.05, 0) is 25.5 Å². The highest BCUT2D eigenvalue weighted by atomic mass is 19.2. The topological polar surface area (TPSA) is 102 Å². The predicted octanol–water partition coefficient (Wildman–Crippen LogP) is 4.97. The Morgan fingerprint density at radius 1 is 1.16 bits per heavy atom. The van der Waals surface area contributed by atoms with Gasteiger partial charge in [0.2, 0.25) is 0 Å². The number of esters is 1. The molecule has 2 aromatic carbocycles. The molecule has 1 aliphatic rings. The second kappa shape index (κ2) is 9.84. The molecule has 0 bridgehead atoms. The van der Waals surface area contributed by atoms with E-state index in [1.54, 1.807) is 42.8 Å². The van der Waals surface area contributed by atoms with Crippen LogP contribution in [0.25, 0.3) is 22.7 Å². The van der Waals surface area contributed by atoms with E-state index in [-0.39, 0.29) is 24.6 Å². The van der Waals surface area contributed by atoms with Crippen molar-refractivity contribution in [2.45, 2.75) is 38.8 Å². The maximum atomic E-state index is 14.0. The van der Waals surface area contributed by atoms with Gasteiger partial charge in [0.15, 0.2) is 40.8 Å². The second-order valence-electron chi connectivity index (χ2n) is 8.61. The lowest BCUT2D eigenvalue weighted by Crippen LogP contribution is -2.47. The fraction of sp³-hybridized carbons (Fsp3) is 0.308. The van der Waals surface area contributed by atoms with E-state index in [1.807, 2.05) is 0 Å². The Labute approximate surface area is 215 Å². The smallest absolute Gasteiger partial charge is 0.358 e. The molecule has 0 spiro atoms. The van der Waals surface area contributed by atoms with Crippen molar-refractivity contribution >= 4 is 5.97 Å². The molecule has 0 amide bonds. The quantitative estimate of drug-likeness (QED) is 0.245. The lowest BCUT2D eigenvalue weighted by molar-refractivity contribution is -0.166. The van der Waals surface area contributed by atoms with Gasteiger partial charge < -0.3 is 23.2 Å². The molecule has 1 unspecified atom stereocenters. The molecule has 12 heteroatoms. The molecule has 9 nitrogen and oxygen atoms in total. The van der Waals surface area contributed by atoms with E-state index in [1.165, 1.54) is 7.11 Å². The number of carbonyl (C=O) groups excluding carboxylic acids is 1. The number of ether oxygens (including phenoxy) is 3. The minimum absolute atomic E-state index is 0.0247. The van der Waals surface area contributed by atoms with Crippen molar-refractivity contribution in [3.63, 3.8) is 0 Å². The summed E-state index contributed by atoms with van der Waals surface area (Å²) in [5, 5.41) is 8.55. The van der Waals surface area contributed by atoms with E-state index in [4.69, 9.17) is 18.6 Å². The van der Waals surface area contributed by atoms with Gasteiger partial charge in [-0.1, -0.05) is 6.07 Å². The maximum absolute atomic E-state index is 14.0. The summed E-state index contributed by atoms with van der Waals surface area (Å²) in [6, 6.07) is 6.67. The van der Waals surface area contributed by atoms with E-state index >= 15 is 0 Å². The average molecular weight is 528 g/mol. The molecule has 0 saturated carbocycles. The van der Waals surface area contributed by atoms with Crippen molar-refractivity contribution in [3.8, 4) is 34.2 Å². The molecule has 198 valence electrons. The summed E-state index contributed by atoms with van der Waals surface area (Å²) >= 11 is 0. The standard InChI is InChI=1S/C26H23F3N4O5/c1-4-36-25(34)26(38-16-11-18(27)22(29)19(28)12-16)8-5-9-33-23(31-32-24(26)33)15-6-7-17(20(10-15)35-3)21-13-30-14(2)37-21/h6-7,10-13H,4-5,8-9H2,1-3H3. The van der Waals surface area contributed by atoms with E-state index in [2.05, 4.69) is 15.2 Å². The highest BCUT2D eigenvalue weighted by molar-refractivity contribution is 5.81. The number of halogens is 3. The summed E-state index contributed by atoms with van der Waals surface area (Å²) in [6.07, 6.45) is 2.12. The number of methoxy groups -OCH3 is 1. The van der Waals surface area contributed by atoms with Gasteiger partial charge >= 0.3 is 5.97 Å². The van der Waals surface area contributed by atoms with Crippen molar-refractivity contribution in [2.75, 3.05) is 13.7 Å². The number of aryl methyl sites for hydroxylation is 1. The molecular weight excluding hydrogens is 505 g/mol. The molecule has 38 heavy (non-hydrogen) atoms. The lowest BCUT2D eigenvalue weighted by atomic mass is 9.92. The molecule has 0 fully saturated rings. The summed E-state index contributed by atoms with van der Waals surface area (Å²) in [5.41, 5.74) is -0.559. The minimum atomic E-state index is -1.86. The number of hydrogen-bond acceptors (Lipinski definition) is 8. The van der Waals surface area contributed by atoms with Gasteiger partial charge in [-0.15, -0.1) is 10.2 Å². The first-order valence-corrected chi connectivity index (χ1v) is 11.8. The Bertz CT molecular complexity index is 1500. The third-order valence-electron chi connectivity index (χ3n) is 6.22. The third-order valence-corrected chi connectivity index (χ3v) is 6.22. The van der Waals surface area contributed by atoms with Gasteiger partial charge in [-0.25, -0.2) is 22.9 Å². The molecule has 0 N–H and O–H groups in total. The van der Waals surface area contributed by atoms with Crippen LogP contribution in [-0.4, -0.2) is 39.4 Å². The van der Waals surface area contributed by atoms with Crippen molar-refractivity contribution in [3.05, 3.63) is 65.7 Å². The average Bonchev–Trinajstić information content (AvgIpc) is 3.54. The lowest BCUT2D eigenvalue weighted by Gasteiger charge is -2.34. The monoisotopic (exact) mass is 528 g/mol. The molecule has 0 radical (unpaired) electrons. The molecule has 3 heterocycles. The van der Waals surface area contributed by atoms with E-state index in [9.17, 15) is 18.0 Å². The maximum Gasteiger partial charge on any atom is 0.358 e. The van der Waals surface area contributed by atoms with Crippen LogP contribution in [0.1, 0.15) is 31.5 Å². The number of hydrogen-bond donors (Lipinski definition) is 0. The molecule has 0 aliphatic carbocycles. The van der Waals surface area contributed by atoms with E-state index in [0.29, 0.717) is 59.5 Å². The second-order valence-corrected chi connectivity index (χ2v) is 8.61. The van der Waals surface area contributed by atoms with Crippen LogP contribution in [0, 0.1) is 24.4 Å². The number of nitrogens with zero attached hydrogens (tertiary/aromatic N) is 4. The van der Waals surface area contributed by atoms with Gasteiger partial charge in [0.05, 0.1) is 25.5 Å². The Morgan fingerprint density at radius 3 is 2.58 bits per heavy atom. The number of oxazole rings is 1. The number of fused-ring (bicyclic) bond motifs is 1. The van der Waals surface area contributed by atoms with Crippen LogP contribution in [-0.2, 0) is 21.7 Å². The SMILES string of the molecule is CCOC(=O)C1(Oc2cc(F)c(F)c(F)c2)CCCn2c(-c3ccc(-c4cnc(C)o4)c(OC)c3)nnc21. The van der Waals surface area contributed by atoms with Crippen LogP contribution in [0.2, 0.25) is 0 Å². The van der Waals surface area contributed by atoms with Crippen molar-refractivity contribution in [2.24, 2.45) is 0 Å². The molecule has 1 aliphatic heterocycles. The Kier molecular flexibility index (Phi) is 6.55. The summed E-state index contributed by atoms with van der Waals surface area (Å²) in [4.78, 5) is 17.4. The van der Waals surface area contributed by atoms with Crippen LogP contribution in [0.4, 0.5) is 13.2 Å². The third kappa shape index (κ3) is 4.25. The van der Waals surface area contributed by atoms with Crippen molar-refractivity contribution < 1.29 is 36.6 Å². The van der Waals surface area contributed by atoms with Gasteiger partial charge in [-0.2, -0.15) is 0 Å². The predicted molar refractivity (Wildman–Crippen MR) is 127 cm³/mol.